The molecule has 1 aromatic rings. The van der Waals surface area contributed by atoms with Gasteiger partial charge in [-0.15, -0.1) is 0 Å². The van der Waals surface area contributed by atoms with E-state index >= 15 is 0 Å². The maximum Gasteiger partial charge on any atom is 0.330 e. The number of urea groups is 1. The van der Waals surface area contributed by atoms with Crippen molar-refractivity contribution in [3.05, 3.63) is 35.4 Å². The molecule has 1 atom stereocenters. The first kappa shape index (κ1) is 20.4. The summed E-state index contributed by atoms with van der Waals surface area (Å²) in [4.78, 5) is 17.0. The Morgan fingerprint density at radius 3 is 2.42 bits per heavy atom. The van der Waals surface area contributed by atoms with Crippen LogP contribution in [0.4, 0.5) is 4.79 Å². The van der Waals surface area contributed by atoms with Gasteiger partial charge in [0.25, 0.3) is 0 Å². The number of benzene rings is 1. The normalized spacial score (nSPS) is 18.7. The summed E-state index contributed by atoms with van der Waals surface area (Å²) in [6.45, 7) is 6.42. The SMILES string of the molecule is CCOP(=O)(CCC1NC(=O)NC1=NOCc1ccc(C)cc1)OCC. The van der Waals surface area contributed by atoms with E-state index in [0.717, 1.165) is 5.56 Å². The van der Waals surface area contributed by atoms with Crippen molar-refractivity contribution in [1.29, 1.82) is 0 Å². The summed E-state index contributed by atoms with van der Waals surface area (Å²) in [5.74, 6) is 0.363. The van der Waals surface area contributed by atoms with Gasteiger partial charge < -0.3 is 19.2 Å². The van der Waals surface area contributed by atoms with E-state index in [9.17, 15) is 9.36 Å². The molecule has 26 heavy (non-hydrogen) atoms. The van der Waals surface area contributed by atoms with Gasteiger partial charge in [0.2, 0.25) is 0 Å². The topological polar surface area (TPSA) is 98.2 Å². The number of hydrogen-bond donors (Lipinski definition) is 2. The fourth-order valence-electron chi connectivity index (χ4n) is 2.47. The summed E-state index contributed by atoms with van der Waals surface area (Å²) in [6.07, 6.45) is 0.543. The molecule has 0 bridgehead atoms. The van der Waals surface area contributed by atoms with Crippen molar-refractivity contribution in [3.8, 4) is 0 Å². The third-order valence-electron chi connectivity index (χ3n) is 3.73. The third kappa shape index (κ3) is 6.12. The summed E-state index contributed by atoms with van der Waals surface area (Å²) in [5, 5.41) is 9.34. The van der Waals surface area contributed by atoms with Crippen molar-refractivity contribution >= 4 is 19.5 Å². The van der Waals surface area contributed by atoms with Crippen molar-refractivity contribution in [2.24, 2.45) is 5.16 Å². The minimum atomic E-state index is -3.17. The first-order valence-corrected chi connectivity index (χ1v) is 10.4. The smallest absolute Gasteiger partial charge is 0.330 e. The van der Waals surface area contributed by atoms with Crippen molar-refractivity contribution in [3.63, 3.8) is 0 Å². The van der Waals surface area contributed by atoms with Crippen LogP contribution in [0.3, 0.4) is 0 Å². The maximum absolute atomic E-state index is 12.5. The van der Waals surface area contributed by atoms with Gasteiger partial charge in [0.1, 0.15) is 6.61 Å². The first-order valence-electron chi connectivity index (χ1n) is 8.67. The molecule has 1 aliphatic heterocycles. The lowest BCUT2D eigenvalue weighted by atomic mass is 10.2. The number of amidine groups is 1. The van der Waals surface area contributed by atoms with Crippen LogP contribution in [-0.4, -0.2) is 37.3 Å². The van der Waals surface area contributed by atoms with E-state index in [4.69, 9.17) is 13.9 Å². The number of carbonyl (C=O) groups is 1. The Kier molecular flexibility index (Phi) is 7.63. The highest BCUT2D eigenvalue weighted by Crippen LogP contribution is 2.48. The third-order valence-corrected chi connectivity index (χ3v) is 5.84. The fraction of sp³-hybridized carbons (Fsp3) is 0.529. The Morgan fingerprint density at radius 2 is 1.81 bits per heavy atom. The first-order chi connectivity index (χ1) is 12.5. The highest BCUT2D eigenvalue weighted by atomic mass is 31.2. The Bertz CT molecular complexity index is 667. The molecular formula is C17H26N3O5P. The molecule has 0 aromatic heterocycles. The minimum absolute atomic E-state index is 0.179. The van der Waals surface area contributed by atoms with Gasteiger partial charge in [-0.1, -0.05) is 35.0 Å². The summed E-state index contributed by atoms with van der Waals surface area (Å²) in [7, 11) is -3.17. The van der Waals surface area contributed by atoms with Crippen LogP contribution in [0.15, 0.2) is 29.4 Å². The fourth-order valence-corrected chi connectivity index (χ4v) is 4.16. The van der Waals surface area contributed by atoms with E-state index in [-0.39, 0.29) is 12.2 Å². The summed E-state index contributed by atoms with van der Waals surface area (Å²) in [5.41, 5.74) is 2.14. The molecule has 2 amide bonds. The van der Waals surface area contributed by atoms with Gasteiger partial charge in [-0.25, -0.2) is 4.79 Å². The van der Waals surface area contributed by atoms with Crippen molar-refractivity contribution < 1.29 is 23.2 Å². The molecule has 2 rings (SSSR count). The molecule has 0 saturated carbocycles. The zero-order valence-electron chi connectivity index (χ0n) is 15.4. The van der Waals surface area contributed by atoms with Crippen LogP contribution in [0.5, 0.6) is 0 Å². The molecule has 1 fully saturated rings. The second-order valence-corrected chi connectivity index (χ2v) is 8.03. The van der Waals surface area contributed by atoms with Gasteiger partial charge in [0.15, 0.2) is 5.84 Å². The molecule has 0 spiro atoms. The molecule has 1 heterocycles. The van der Waals surface area contributed by atoms with Gasteiger partial charge in [0, 0.05) is 0 Å². The Balaban J connectivity index is 1.93. The summed E-state index contributed by atoms with van der Waals surface area (Å²) >= 11 is 0. The standard InChI is InChI=1S/C17H26N3O5P/c1-4-24-26(22,25-5-2)11-10-15-16(19-17(21)18-15)20-23-12-14-8-6-13(3)7-9-14/h6-9,15H,4-5,10-12H2,1-3H3,(H2,18,19,20,21). The second kappa shape index (κ2) is 9.71. The molecule has 0 aliphatic carbocycles. The molecule has 144 valence electrons. The van der Waals surface area contributed by atoms with Gasteiger partial charge >= 0.3 is 13.6 Å². The average Bonchev–Trinajstić information content (AvgIpc) is 2.95. The minimum Gasteiger partial charge on any atom is -0.389 e. The quantitative estimate of drug-likeness (QED) is 0.478. The summed E-state index contributed by atoms with van der Waals surface area (Å²) in [6, 6.07) is 7.11. The average molecular weight is 383 g/mol. The lowest BCUT2D eigenvalue weighted by Crippen LogP contribution is -2.30. The summed E-state index contributed by atoms with van der Waals surface area (Å²) < 4.78 is 23.1. The van der Waals surface area contributed by atoms with Crippen LogP contribution >= 0.6 is 7.60 Å². The molecule has 2 N–H and O–H groups in total. The van der Waals surface area contributed by atoms with Gasteiger partial charge in [-0.3, -0.25) is 9.88 Å². The van der Waals surface area contributed by atoms with Gasteiger partial charge in [-0.05, 0) is 32.8 Å². The number of aryl methyl sites for hydroxylation is 1. The van der Waals surface area contributed by atoms with E-state index in [1.165, 1.54) is 5.56 Å². The molecule has 9 heteroatoms. The van der Waals surface area contributed by atoms with Crippen molar-refractivity contribution in [1.82, 2.24) is 10.6 Å². The zero-order chi connectivity index (χ0) is 19.0. The van der Waals surface area contributed by atoms with Crippen LogP contribution in [-0.2, 0) is 25.1 Å². The van der Waals surface area contributed by atoms with E-state index in [1.54, 1.807) is 13.8 Å². The Hall–Kier alpha value is -1.89. The Labute approximate surface area is 153 Å². The lowest BCUT2D eigenvalue weighted by Gasteiger charge is -2.18. The van der Waals surface area contributed by atoms with Gasteiger partial charge in [0.05, 0.1) is 25.4 Å². The number of amides is 2. The number of nitrogens with zero attached hydrogens (tertiary/aromatic N) is 1. The van der Waals surface area contributed by atoms with Crippen LogP contribution in [0.25, 0.3) is 0 Å². The molecular weight excluding hydrogens is 357 g/mol. The number of rotatable bonds is 10. The number of carbonyl (C=O) groups excluding carboxylic acids is 1. The van der Waals surface area contributed by atoms with Crippen LogP contribution < -0.4 is 10.6 Å². The molecule has 0 radical (unpaired) electrons. The van der Waals surface area contributed by atoms with Crippen molar-refractivity contribution in [2.45, 2.75) is 39.8 Å². The molecule has 1 unspecified atom stereocenters. The van der Waals surface area contributed by atoms with E-state index in [2.05, 4.69) is 15.8 Å². The Morgan fingerprint density at radius 1 is 1.15 bits per heavy atom. The number of nitrogens with one attached hydrogen (secondary N) is 2. The van der Waals surface area contributed by atoms with Crippen molar-refractivity contribution in [2.75, 3.05) is 19.4 Å². The largest absolute Gasteiger partial charge is 0.389 e. The number of hydrogen-bond acceptors (Lipinski definition) is 6. The predicted octanol–water partition coefficient (Wildman–Crippen LogP) is 3.16. The molecule has 1 aromatic carbocycles. The maximum atomic E-state index is 12.5. The second-order valence-electron chi connectivity index (χ2n) is 5.85. The zero-order valence-corrected chi connectivity index (χ0v) is 16.3. The van der Waals surface area contributed by atoms with E-state index < -0.39 is 13.6 Å². The molecule has 8 nitrogen and oxygen atoms in total. The van der Waals surface area contributed by atoms with E-state index in [1.807, 2.05) is 31.2 Å². The van der Waals surface area contributed by atoms with Crippen LogP contribution in [0.1, 0.15) is 31.4 Å². The monoisotopic (exact) mass is 383 g/mol. The van der Waals surface area contributed by atoms with Crippen LogP contribution in [0, 0.1) is 6.92 Å². The predicted molar refractivity (Wildman–Crippen MR) is 99.2 cm³/mol. The highest BCUT2D eigenvalue weighted by molar-refractivity contribution is 7.53. The lowest BCUT2D eigenvalue weighted by molar-refractivity contribution is 0.129. The van der Waals surface area contributed by atoms with Crippen LogP contribution in [0.2, 0.25) is 0 Å². The number of oxime groups is 1. The van der Waals surface area contributed by atoms with Gasteiger partial charge in [-0.2, -0.15) is 0 Å². The van der Waals surface area contributed by atoms with E-state index in [0.29, 0.717) is 32.1 Å². The molecule has 1 aliphatic rings. The highest BCUT2D eigenvalue weighted by Gasteiger charge is 2.32. The molecule has 1 saturated heterocycles.